The minimum atomic E-state index is -0.0447. The fraction of sp³-hybridized carbons (Fsp3) is 0.500. The molecule has 0 unspecified atom stereocenters. The van der Waals surface area contributed by atoms with Crippen molar-refractivity contribution in [1.29, 1.82) is 0 Å². The quantitative estimate of drug-likeness (QED) is 0.648. The van der Waals surface area contributed by atoms with E-state index in [1.807, 2.05) is 31.2 Å². The summed E-state index contributed by atoms with van der Waals surface area (Å²) in [7, 11) is 0. The largest absolute Gasteiger partial charge is 0.494 e. The van der Waals surface area contributed by atoms with Crippen molar-refractivity contribution in [1.82, 2.24) is 5.32 Å². The van der Waals surface area contributed by atoms with Crippen molar-refractivity contribution < 1.29 is 19.4 Å². The number of hydrogen-bond acceptors (Lipinski definition) is 4. The number of carbonyl (C=O) groups excluding carboxylic acids is 1. The van der Waals surface area contributed by atoms with Gasteiger partial charge in [0.2, 0.25) is 5.91 Å². The summed E-state index contributed by atoms with van der Waals surface area (Å²) in [6.07, 6.45) is 0.340. The third kappa shape index (κ3) is 6.79. The van der Waals surface area contributed by atoms with Crippen LogP contribution in [0.25, 0.3) is 0 Å². The lowest BCUT2D eigenvalue weighted by Gasteiger charge is -2.07. The van der Waals surface area contributed by atoms with Gasteiger partial charge in [-0.15, -0.1) is 0 Å². The summed E-state index contributed by atoms with van der Waals surface area (Å²) >= 11 is 0. The maximum Gasteiger partial charge on any atom is 0.224 e. The van der Waals surface area contributed by atoms with Crippen LogP contribution in [-0.2, 0) is 16.0 Å². The average molecular weight is 267 g/mol. The lowest BCUT2D eigenvalue weighted by Crippen LogP contribution is -2.28. The molecule has 0 bridgehead atoms. The molecule has 1 amide bonds. The topological polar surface area (TPSA) is 67.8 Å². The second kappa shape index (κ2) is 9.35. The normalized spacial score (nSPS) is 10.2. The number of amides is 1. The lowest BCUT2D eigenvalue weighted by molar-refractivity contribution is -0.120. The van der Waals surface area contributed by atoms with Crippen LogP contribution < -0.4 is 10.1 Å². The maximum atomic E-state index is 11.6. The predicted octanol–water partition coefficient (Wildman–Crippen LogP) is 0.753. The average Bonchev–Trinajstić information content (AvgIpc) is 2.41. The van der Waals surface area contributed by atoms with Gasteiger partial charge in [-0.1, -0.05) is 12.1 Å². The summed E-state index contributed by atoms with van der Waals surface area (Å²) in [5.74, 6) is 0.765. The minimum absolute atomic E-state index is 0.000125. The first-order valence-electron chi connectivity index (χ1n) is 6.43. The highest BCUT2D eigenvalue weighted by Crippen LogP contribution is 2.12. The van der Waals surface area contributed by atoms with E-state index in [9.17, 15) is 4.79 Å². The minimum Gasteiger partial charge on any atom is -0.494 e. The second-order valence-corrected chi connectivity index (χ2v) is 3.94. The molecule has 0 saturated heterocycles. The third-order valence-electron chi connectivity index (χ3n) is 2.40. The summed E-state index contributed by atoms with van der Waals surface area (Å²) in [6, 6.07) is 7.48. The predicted molar refractivity (Wildman–Crippen MR) is 72.2 cm³/mol. The molecule has 0 fully saturated rings. The molecule has 0 aliphatic heterocycles. The zero-order valence-electron chi connectivity index (χ0n) is 11.2. The van der Waals surface area contributed by atoms with Gasteiger partial charge in [0.05, 0.1) is 32.8 Å². The number of nitrogens with one attached hydrogen (secondary N) is 1. The molecule has 0 saturated carbocycles. The van der Waals surface area contributed by atoms with Gasteiger partial charge in [0.1, 0.15) is 5.75 Å². The van der Waals surface area contributed by atoms with Crippen molar-refractivity contribution in [2.45, 2.75) is 13.3 Å². The Morgan fingerprint density at radius 3 is 2.63 bits per heavy atom. The van der Waals surface area contributed by atoms with E-state index >= 15 is 0 Å². The molecule has 1 rings (SSSR count). The number of aliphatic hydroxyl groups excluding tert-OH is 1. The van der Waals surface area contributed by atoms with Gasteiger partial charge in [-0.3, -0.25) is 4.79 Å². The molecule has 1 aromatic carbocycles. The van der Waals surface area contributed by atoms with Crippen LogP contribution in [0.4, 0.5) is 0 Å². The smallest absolute Gasteiger partial charge is 0.224 e. The molecule has 106 valence electrons. The number of benzene rings is 1. The molecule has 5 heteroatoms. The Morgan fingerprint density at radius 2 is 2.00 bits per heavy atom. The van der Waals surface area contributed by atoms with E-state index in [0.29, 0.717) is 32.8 Å². The monoisotopic (exact) mass is 267 g/mol. The molecule has 19 heavy (non-hydrogen) atoms. The Labute approximate surface area is 113 Å². The van der Waals surface area contributed by atoms with Crippen molar-refractivity contribution in [2.24, 2.45) is 0 Å². The van der Waals surface area contributed by atoms with Crippen molar-refractivity contribution in [3.8, 4) is 5.75 Å². The van der Waals surface area contributed by atoms with E-state index in [4.69, 9.17) is 14.6 Å². The Bertz CT molecular complexity index is 364. The maximum absolute atomic E-state index is 11.6. The van der Waals surface area contributed by atoms with Gasteiger partial charge in [-0.25, -0.2) is 0 Å². The fourth-order valence-electron chi connectivity index (χ4n) is 1.55. The van der Waals surface area contributed by atoms with E-state index in [1.165, 1.54) is 0 Å². The number of aliphatic hydroxyl groups is 1. The van der Waals surface area contributed by atoms with E-state index in [2.05, 4.69) is 5.32 Å². The van der Waals surface area contributed by atoms with Crippen LogP contribution in [0.1, 0.15) is 12.5 Å². The van der Waals surface area contributed by atoms with Crippen molar-refractivity contribution >= 4 is 5.91 Å². The van der Waals surface area contributed by atoms with Crippen LogP contribution in [-0.4, -0.2) is 44.0 Å². The Balaban J connectivity index is 2.24. The van der Waals surface area contributed by atoms with Crippen LogP contribution in [0.15, 0.2) is 24.3 Å². The van der Waals surface area contributed by atoms with Gasteiger partial charge in [0, 0.05) is 6.54 Å². The Hall–Kier alpha value is -1.59. The summed E-state index contributed by atoms with van der Waals surface area (Å²) < 4.78 is 10.4. The molecule has 0 radical (unpaired) electrons. The lowest BCUT2D eigenvalue weighted by atomic mass is 10.1. The van der Waals surface area contributed by atoms with Crippen LogP contribution in [0.3, 0.4) is 0 Å². The third-order valence-corrected chi connectivity index (χ3v) is 2.40. The molecule has 0 spiro atoms. The molecule has 5 nitrogen and oxygen atoms in total. The molecule has 0 heterocycles. The van der Waals surface area contributed by atoms with E-state index < -0.39 is 0 Å². The molecule has 0 aliphatic carbocycles. The zero-order chi connectivity index (χ0) is 13.9. The number of ether oxygens (including phenoxy) is 2. The summed E-state index contributed by atoms with van der Waals surface area (Å²) in [5, 5.41) is 11.3. The van der Waals surface area contributed by atoms with Gasteiger partial charge in [0.15, 0.2) is 0 Å². The number of carbonyl (C=O) groups is 1. The first-order chi connectivity index (χ1) is 9.26. The first kappa shape index (κ1) is 15.5. The van der Waals surface area contributed by atoms with Gasteiger partial charge < -0.3 is 19.9 Å². The van der Waals surface area contributed by atoms with Crippen LogP contribution in [0.5, 0.6) is 5.75 Å². The van der Waals surface area contributed by atoms with Crippen molar-refractivity contribution in [3.63, 3.8) is 0 Å². The molecule has 2 N–H and O–H groups in total. The Morgan fingerprint density at radius 1 is 1.26 bits per heavy atom. The van der Waals surface area contributed by atoms with Crippen LogP contribution in [0, 0.1) is 0 Å². The summed E-state index contributed by atoms with van der Waals surface area (Å²) in [5.41, 5.74) is 0.942. The highest BCUT2D eigenvalue weighted by atomic mass is 16.5. The molecule has 0 aliphatic rings. The van der Waals surface area contributed by atoms with E-state index in [0.717, 1.165) is 11.3 Å². The molecule has 0 aromatic heterocycles. The highest BCUT2D eigenvalue weighted by molar-refractivity contribution is 5.78. The van der Waals surface area contributed by atoms with Crippen molar-refractivity contribution in [3.05, 3.63) is 29.8 Å². The zero-order valence-corrected chi connectivity index (χ0v) is 11.2. The van der Waals surface area contributed by atoms with E-state index in [-0.39, 0.29) is 12.5 Å². The Kier molecular flexibility index (Phi) is 7.62. The van der Waals surface area contributed by atoms with Gasteiger partial charge in [-0.05, 0) is 24.6 Å². The van der Waals surface area contributed by atoms with Crippen LogP contribution >= 0.6 is 0 Å². The second-order valence-electron chi connectivity index (χ2n) is 3.94. The number of rotatable bonds is 9. The first-order valence-corrected chi connectivity index (χ1v) is 6.43. The van der Waals surface area contributed by atoms with Gasteiger partial charge >= 0.3 is 0 Å². The summed E-state index contributed by atoms with van der Waals surface area (Å²) in [4.78, 5) is 11.6. The van der Waals surface area contributed by atoms with E-state index in [1.54, 1.807) is 0 Å². The van der Waals surface area contributed by atoms with Gasteiger partial charge in [0.25, 0.3) is 0 Å². The summed E-state index contributed by atoms with van der Waals surface area (Å²) in [6.45, 7) is 3.73. The van der Waals surface area contributed by atoms with Crippen LogP contribution in [0.2, 0.25) is 0 Å². The number of hydrogen-bond donors (Lipinski definition) is 2. The molecular formula is C14H21NO4. The standard InChI is InChI=1S/C14H21NO4/c1-2-19-13-5-3-12(4-6-13)11-14(17)15-7-9-18-10-8-16/h3-6,16H,2,7-11H2,1H3,(H,15,17). The fourth-order valence-corrected chi connectivity index (χ4v) is 1.55. The molecule has 1 aromatic rings. The van der Waals surface area contributed by atoms with Crippen molar-refractivity contribution in [2.75, 3.05) is 33.0 Å². The van der Waals surface area contributed by atoms with Gasteiger partial charge in [-0.2, -0.15) is 0 Å². The highest BCUT2D eigenvalue weighted by Gasteiger charge is 2.03. The molecule has 0 atom stereocenters. The SMILES string of the molecule is CCOc1ccc(CC(=O)NCCOCCO)cc1. The molecular weight excluding hydrogens is 246 g/mol.